The first-order valence-electron chi connectivity index (χ1n) is 14.2. The first-order chi connectivity index (χ1) is 19.5. The number of hydrogen-bond donors (Lipinski definition) is 1. The van der Waals surface area contributed by atoms with Crippen LogP contribution in [-0.2, 0) is 11.3 Å². The van der Waals surface area contributed by atoms with Gasteiger partial charge in [-0.05, 0) is 67.9 Å². The molecule has 0 bridgehead atoms. The van der Waals surface area contributed by atoms with Crippen LogP contribution in [0.5, 0.6) is 5.75 Å². The van der Waals surface area contributed by atoms with Crippen molar-refractivity contribution in [1.29, 1.82) is 0 Å². The highest BCUT2D eigenvalue weighted by Crippen LogP contribution is 2.36. The molecule has 0 saturated carbocycles. The van der Waals surface area contributed by atoms with E-state index in [1.54, 1.807) is 23.1 Å². The van der Waals surface area contributed by atoms with Crippen LogP contribution in [0.4, 0.5) is 5.69 Å². The Labute approximate surface area is 237 Å². The van der Waals surface area contributed by atoms with Gasteiger partial charge in [0.05, 0.1) is 12.2 Å². The minimum Gasteiger partial charge on any atom is -0.449 e. The van der Waals surface area contributed by atoms with Crippen molar-refractivity contribution >= 4 is 23.6 Å². The van der Waals surface area contributed by atoms with Gasteiger partial charge in [-0.3, -0.25) is 14.5 Å². The first-order valence-corrected chi connectivity index (χ1v) is 14.2. The predicted octanol–water partition coefficient (Wildman–Crippen LogP) is 4.72. The zero-order valence-electron chi connectivity index (χ0n) is 23.4. The molecule has 1 N–H and O–H groups in total. The van der Waals surface area contributed by atoms with Crippen molar-refractivity contribution in [3.8, 4) is 5.75 Å². The summed E-state index contributed by atoms with van der Waals surface area (Å²) in [6, 6.07) is 23.0. The molecule has 3 aromatic rings. The van der Waals surface area contributed by atoms with Gasteiger partial charge in [0.25, 0.3) is 11.8 Å². The minimum atomic E-state index is -0.196. The van der Waals surface area contributed by atoms with E-state index in [1.807, 2.05) is 61.5 Å². The molecule has 2 aliphatic rings. The maximum atomic E-state index is 13.5. The molecule has 7 heteroatoms. The quantitative estimate of drug-likeness (QED) is 0.316. The van der Waals surface area contributed by atoms with E-state index in [2.05, 4.69) is 28.1 Å². The molecule has 0 spiro atoms. The van der Waals surface area contributed by atoms with Gasteiger partial charge in [0.1, 0.15) is 0 Å². The summed E-state index contributed by atoms with van der Waals surface area (Å²) in [5, 5.41) is 3.03. The molecule has 2 amide bonds. The maximum absolute atomic E-state index is 13.5. The largest absolute Gasteiger partial charge is 0.449 e. The lowest BCUT2D eigenvalue weighted by Crippen LogP contribution is -2.46. The number of hydrogen-bond acceptors (Lipinski definition) is 5. The highest BCUT2D eigenvalue weighted by Gasteiger charge is 2.30. The average molecular weight is 539 g/mol. The number of carbonyl (C=O) groups excluding carboxylic acids is 2. The molecule has 2 aliphatic heterocycles. The number of carbonyl (C=O) groups is 2. The van der Waals surface area contributed by atoms with Gasteiger partial charge < -0.3 is 19.9 Å². The number of likely N-dealkylation sites (N-methyl/N-ethyl adjacent to an activating group) is 1. The smallest absolute Gasteiger partial charge is 0.294 e. The van der Waals surface area contributed by atoms with Crippen molar-refractivity contribution in [1.82, 2.24) is 15.1 Å². The highest BCUT2D eigenvalue weighted by molar-refractivity contribution is 6.09. The Bertz CT molecular complexity index is 1360. The second-order valence-corrected chi connectivity index (χ2v) is 10.5. The van der Waals surface area contributed by atoms with Crippen molar-refractivity contribution in [2.24, 2.45) is 0 Å². The Kier molecular flexibility index (Phi) is 8.94. The summed E-state index contributed by atoms with van der Waals surface area (Å²) in [6.45, 7) is 11.9. The molecule has 0 atom stereocenters. The van der Waals surface area contributed by atoms with E-state index in [-0.39, 0.29) is 17.6 Å². The molecule has 1 saturated heterocycles. The summed E-state index contributed by atoms with van der Waals surface area (Å²) < 4.78 is 6.03. The Morgan fingerprint density at radius 3 is 2.45 bits per heavy atom. The van der Waals surface area contributed by atoms with Crippen LogP contribution in [0, 0.1) is 6.92 Å². The summed E-state index contributed by atoms with van der Waals surface area (Å²) in [5.74, 6) is 0.615. The van der Waals surface area contributed by atoms with Crippen molar-refractivity contribution in [3.05, 3.63) is 101 Å². The number of amides is 2. The second kappa shape index (κ2) is 12.9. The number of ether oxygens (including phenoxy) is 1. The fraction of sp³-hybridized carbons (Fsp3) is 0.333. The molecule has 40 heavy (non-hydrogen) atoms. The lowest BCUT2D eigenvalue weighted by Gasteiger charge is -2.33. The lowest BCUT2D eigenvalue weighted by molar-refractivity contribution is -0.117. The maximum Gasteiger partial charge on any atom is 0.294 e. The van der Waals surface area contributed by atoms with Crippen molar-refractivity contribution in [3.63, 3.8) is 0 Å². The van der Waals surface area contributed by atoms with Gasteiger partial charge in [-0.15, -0.1) is 0 Å². The monoisotopic (exact) mass is 538 g/mol. The Morgan fingerprint density at radius 1 is 0.950 bits per heavy atom. The molecule has 0 unspecified atom stereocenters. The van der Waals surface area contributed by atoms with Gasteiger partial charge in [0.15, 0.2) is 11.5 Å². The van der Waals surface area contributed by atoms with E-state index < -0.39 is 0 Å². The number of piperazine rings is 1. The van der Waals surface area contributed by atoms with E-state index in [1.165, 1.54) is 0 Å². The molecule has 5 rings (SSSR count). The van der Waals surface area contributed by atoms with Crippen molar-refractivity contribution in [2.45, 2.75) is 26.8 Å². The number of nitrogens with zero attached hydrogens (tertiary/aromatic N) is 3. The summed E-state index contributed by atoms with van der Waals surface area (Å²) in [7, 11) is 0. The Morgan fingerprint density at radius 2 is 1.70 bits per heavy atom. The predicted molar refractivity (Wildman–Crippen MR) is 159 cm³/mol. The summed E-state index contributed by atoms with van der Waals surface area (Å²) in [6.07, 6.45) is 2.67. The fourth-order valence-electron chi connectivity index (χ4n) is 5.23. The first kappa shape index (κ1) is 27.6. The molecule has 0 radical (unpaired) electrons. The van der Waals surface area contributed by atoms with E-state index in [4.69, 9.17) is 4.74 Å². The zero-order valence-corrected chi connectivity index (χ0v) is 23.4. The van der Waals surface area contributed by atoms with Crippen LogP contribution in [-0.4, -0.2) is 67.4 Å². The molecule has 1 fully saturated rings. The summed E-state index contributed by atoms with van der Waals surface area (Å²) >= 11 is 0. The number of fused-ring (bicyclic) bond motifs is 1. The molecule has 2 heterocycles. The normalized spacial score (nSPS) is 17.0. The van der Waals surface area contributed by atoms with E-state index in [0.29, 0.717) is 24.4 Å². The molecule has 0 aromatic heterocycles. The zero-order chi connectivity index (χ0) is 27.9. The number of para-hydroxylation sites is 2. The van der Waals surface area contributed by atoms with E-state index in [0.717, 1.165) is 68.1 Å². The minimum absolute atomic E-state index is 0.0849. The van der Waals surface area contributed by atoms with Crippen LogP contribution in [0.25, 0.3) is 6.08 Å². The fourth-order valence-corrected chi connectivity index (χ4v) is 5.23. The third-order valence-electron chi connectivity index (χ3n) is 7.57. The molecular formula is C33H38N4O3. The molecule has 7 nitrogen and oxygen atoms in total. The number of nitrogens with one attached hydrogen (secondary N) is 1. The van der Waals surface area contributed by atoms with E-state index >= 15 is 0 Å². The van der Waals surface area contributed by atoms with Crippen LogP contribution in [0.15, 0.2) is 78.6 Å². The van der Waals surface area contributed by atoms with Crippen LogP contribution in [0.2, 0.25) is 0 Å². The summed E-state index contributed by atoms with van der Waals surface area (Å²) in [5.41, 5.74) is 4.35. The molecule has 0 aliphatic carbocycles. The average Bonchev–Trinajstić information content (AvgIpc) is 2.98. The molecule has 208 valence electrons. The van der Waals surface area contributed by atoms with Crippen LogP contribution >= 0.6 is 0 Å². The van der Waals surface area contributed by atoms with Crippen LogP contribution < -0.4 is 15.0 Å². The molecule has 3 aromatic carbocycles. The third kappa shape index (κ3) is 6.79. The number of anilines is 1. The van der Waals surface area contributed by atoms with Gasteiger partial charge in [0, 0.05) is 38.3 Å². The summed E-state index contributed by atoms with van der Waals surface area (Å²) in [4.78, 5) is 32.9. The van der Waals surface area contributed by atoms with Crippen molar-refractivity contribution in [2.75, 3.05) is 50.7 Å². The lowest BCUT2D eigenvalue weighted by atomic mass is 10.1. The van der Waals surface area contributed by atoms with Crippen LogP contribution in [0.3, 0.4) is 0 Å². The highest BCUT2D eigenvalue weighted by atomic mass is 16.5. The van der Waals surface area contributed by atoms with Crippen LogP contribution in [0.1, 0.15) is 40.4 Å². The SMILES string of the molecule is CCN1CCN(CCCNC(=O)c2ccc(/C=C3/Oc4ccccc4N(Cc4cccc(C)c4)C3=O)cc2)CC1. The van der Waals surface area contributed by atoms with Gasteiger partial charge in [-0.2, -0.15) is 0 Å². The topological polar surface area (TPSA) is 65.1 Å². The van der Waals surface area contributed by atoms with Crippen molar-refractivity contribution < 1.29 is 14.3 Å². The number of rotatable bonds is 9. The van der Waals surface area contributed by atoms with Gasteiger partial charge in [-0.1, -0.05) is 61.0 Å². The van der Waals surface area contributed by atoms with Gasteiger partial charge in [0.2, 0.25) is 0 Å². The van der Waals surface area contributed by atoms with Gasteiger partial charge in [-0.25, -0.2) is 0 Å². The van der Waals surface area contributed by atoms with E-state index in [9.17, 15) is 9.59 Å². The molecular weight excluding hydrogens is 500 g/mol. The van der Waals surface area contributed by atoms with Gasteiger partial charge >= 0.3 is 0 Å². The Hall–Kier alpha value is -3.94. The third-order valence-corrected chi connectivity index (χ3v) is 7.57. The standard InChI is InChI=1S/C33H38N4O3/c1-3-35-18-20-36(21-19-35)17-7-16-34-32(38)28-14-12-26(13-15-28)23-31-33(39)37(24-27-9-6-8-25(2)22-27)29-10-4-5-11-30(29)40-31/h4-6,8-15,22-23H,3,7,16-21,24H2,1-2H3,(H,34,38)/b31-23+. The number of aryl methyl sites for hydroxylation is 1. The second-order valence-electron chi connectivity index (χ2n) is 10.5. The Balaban J connectivity index is 1.20. The number of benzene rings is 3.